The molecule has 0 saturated heterocycles. The molecule has 0 aliphatic heterocycles. The van der Waals surface area contributed by atoms with Gasteiger partial charge in [-0.25, -0.2) is 4.98 Å². The van der Waals surface area contributed by atoms with Gasteiger partial charge in [-0.3, -0.25) is 4.79 Å². The summed E-state index contributed by atoms with van der Waals surface area (Å²) in [6.07, 6.45) is 0. The number of rotatable bonds is 6. The first kappa shape index (κ1) is 15.9. The Morgan fingerprint density at radius 1 is 1.48 bits per heavy atom. The third-order valence-corrected chi connectivity index (χ3v) is 4.25. The van der Waals surface area contributed by atoms with Crippen LogP contribution >= 0.6 is 11.8 Å². The van der Waals surface area contributed by atoms with E-state index in [0.717, 1.165) is 16.6 Å². The monoisotopic (exact) mass is 308 g/mol. The fourth-order valence-corrected chi connectivity index (χ4v) is 2.78. The van der Waals surface area contributed by atoms with Crippen LogP contribution in [0.5, 0.6) is 0 Å². The number of hydrogen-bond acceptors (Lipinski definition) is 4. The van der Waals surface area contributed by atoms with Gasteiger partial charge in [0.05, 0.1) is 28.9 Å². The van der Waals surface area contributed by atoms with Gasteiger partial charge in [0.25, 0.3) is 0 Å². The molecule has 21 heavy (non-hydrogen) atoms. The predicted octanol–water partition coefficient (Wildman–Crippen LogP) is 2.95. The third kappa shape index (κ3) is 3.77. The fourth-order valence-electron chi connectivity index (χ4n) is 2.05. The Morgan fingerprint density at radius 2 is 2.19 bits per heavy atom. The van der Waals surface area contributed by atoms with Crippen LogP contribution in [0.15, 0.2) is 23.4 Å². The maximum atomic E-state index is 10.8. The summed E-state index contributed by atoms with van der Waals surface area (Å²) in [5.74, 6) is -0.851. The van der Waals surface area contributed by atoms with Gasteiger partial charge in [0.15, 0.2) is 5.16 Å². The second-order valence-electron chi connectivity index (χ2n) is 5.62. The first-order valence-electron chi connectivity index (χ1n) is 6.69. The molecule has 0 aliphatic carbocycles. The first-order valence-corrected chi connectivity index (χ1v) is 7.67. The van der Waals surface area contributed by atoms with E-state index in [0.29, 0.717) is 11.7 Å². The van der Waals surface area contributed by atoms with Crippen molar-refractivity contribution in [1.29, 1.82) is 0 Å². The molecule has 2 rings (SSSR count). The van der Waals surface area contributed by atoms with Crippen molar-refractivity contribution in [2.75, 3.05) is 12.9 Å². The third-order valence-electron chi connectivity index (χ3n) is 3.28. The zero-order valence-electron chi connectivity index (χ0n) is 12.7. The summed E-state index contributed by atoms with van der Waals surface area (Å²) in [7, 11) is 1.68. The molecule has 0 spiro atoms. The van der Waals surface area contributed by atoms with E-state index < -0.39 is 5.97 Å². The van der Waals surface area contributed by atoms with Crippen molar-refractivity contribution in [1.82, 2.24) is 9.55 Å². The second-order valence-corrected chi connectivity index (χ2v) is 6.56. The number of hydrogen-bond donors (Lipinski definition) is 1. The van der Waals surface area contributed by atoms with E-state index in [4.69, 9.17) is 9.84 Å². The number of carbonyl (C=O) groups is 1. The van der Waals surface area contributed by atoms with Gasteiger partial charge in [-0.05, 0) is 38.5 Å². The lowest BCUT2D eigenvalue weighted by atomic mass is 10.1. The van der Waals surface area contributed by atoms with Gasteiger partial charge in [0.1, 0.15) is 0 Å². The number of ether oxygens (including phenoxy) is 1. The smallest absolute Gasteiger partial charge is 0.313 e. The molecule has 0 radical (unpaired) electrons. The molecule has 1 heterocycles. The van der Waals surface area contributed by atoms with E-state index in [-0.39, 0.29) is 11.4 Å². The highest BCUT2D eigenvalue weighted by Gasteiger charge is 2.22. The topological polar surface area (TPSA) is 64.3 Å². The first-order chi connectivity index (χ1) is 9.82. The number of aromatic nitrogens is 2. The summed E-state index contributed by atoms with van der Waals surface area (Å²) < 4.78 is 7.54. The second kappa shape index (κ2) is 6.07. The summed E-state index contributed by atoms with van der Waals surface area (Å²) in [6.45, 7) is 6.65. The number of fused-ring (bicyclic) bond motifs is 1. The molecule has 0 unspecified atom stereocenters. The Bertz CT molecular complexity index is 664. The van der Waals surface area contributed by atoms with Crippen LogP contribution in [-0.2, 0) is 16.1 Å². The van der Waals surface area contributed by atoms with Crippen molar-refractivity contribution in [3.8, 4) is 0 Å². The molecule has 0 amide bonds. The Labute approximate surface area is 128 Å². The minimum absolute atomic E-state index is 0.00425. The Hall–Kier alpha value is -1.53. The predicted molar refractivity (Wildman–Crippen MR) is 83.9 cm³/mol. The Morgan fingerprint density at radius 3 is 2.81 bits per heavy atom. The molecule has 0 atom stereocenters. The average molecular weight is 308 g/mol. The van der Waals surface area contributed by atoms with Crippen LogP contribution < -0.4 is 0 Å². The number of imidazole rings is 1. The van der Waals surface area contributed by atoms with Crippen LogP contribution in [0.2, 0.25) is 0 Å². The molecular formula is C15H20N2O3S. The number of thioether (sulfide) groups is 1. The molecule has 0 bridgehead atoms. The molecule has 0 saturated carbocycles. The normalized spacial score (nSPS) is 12.0. The quantitative estimate of drug-likeness (QED) is 0.831. The van der Waals surface area contributed by atoms with Crippen molar-refractivity contribution in [2.45, 2.75) is 38.1 Å². The lowest BCUT2D eigenvalue weighted by Gasteiger charge is -2.24. The minimum Gasteiger partial charge on any atom is -0.481 e. The van der Waals surface area contributed by atoms with Gasteiger partial charge in [0, 0.05) is 7.11 Å². The van der Waals surface area contributed by atoms with Crippen LogP contribution in [0.1, 0.15) is 19.4 Å². The van der Waals surface area contributed by atoms with E-state index >= 15 is 0 Å². The summed E-state index contributed by atoms with van der Waals surface area (Å²) in [4.78, 5) is 15.4. The molecule has 2 aromatic rings. The van der Waals surface area contributed by atoms with E-state index in [1.165, 1.54) is 11.8 Å². The molecule has 1 aromatic heterocycles. The lowest BCUT2D eigenvalue weighted by Crippen LogP contribution is -2.29. The number of methoxy groups -OCH3 is 1. The van der Waals surface area contributed by atoms with E-state index in [1.807, 2.05) is 37.5 Å². The number of carboxylic acid groups (broad SMARTS) is 1. The van der Waals surface area contributed by atoms with Crippen LogP contribution in [0.4, 0.5) is 0 Å². The van der Waals surface area contributed by atoms with Crippen LogP contribution in [0.25, 0.3) is 11.0 Å². The van der Waals surface area contributed by atoms with Crippen molar-refractivity contribution >= 4 is 28.8 Å². The number of carboxylic acids is 1. The highest BCUT2D eigenvalue weighted by atomic mass is 32.2. The lowest BCUT2D eigenvalue weighted by molar-refractivity contribution is -0.133. The number of nitrogens with zero attached hydrogens (tertiary/aromatic N) is 2. The van der Waals surface area contributed by atoms with Crippen molar-refractivity contribution in [3.63, 3.8) is 0 Å². The molecule has 1 N–H and O–H groups in total. The maximum absolute atomic E-state index is 10.8. The largest absolute Gasteiger partial charge is 0.481 e. The van der Waals surface area contributed by atoms with Crippen LogP contribution in [0, 0.1) is 6.92 Å². The van der Waals surface area contributed by atoms with Gasteiger partial charge in [-0.15, -0.1) is 0 Å². The van der Waals surface area contributed by atoms with E-state index in [2.05, 4.69) is 11.1 Å². The van der Waals surface area contributed by atoms with Crippen molar-refractivity contribution in [3.05, 3.63) is 23.8 Å². The Balaban J connectivity index is 2.47. The summed E-state index contributed by atoms with van der Waals surface area (Å²) in [5, 5.41) is 9.59. The molecule has 114 valence electrons. The molecule has 5 nitrogen and oxygen atoms in total. The molecule has 0 fully saturated rings. The van der Waals surface area contributed by atoms with Crippen molar-refractivity contribution in [2.24, 2.45) is 0 Å². The average Bonchev–Trinajstić information content (AvgIpc) is 2.74. The van der Waals surface area contributed by atoms with E-state index in [1.54, 1.807) is 7.11 Å². The van der Waals surface area contributed by atoms with Crippen LogP contribution in [-0.4, -0.2) is 39.1 Å². The standard InChI is InChI=1S/C15H20N2O3S/c1-10-5-6-11-12(7-10)17(9-15(2,3)20-4)14(16-11)21-8-13(18)19/h5-7H,8-9H2,1-4H3,(H,18,19). The van der Waals surface area contributed by atoms with Gasteiger partial charge < -0.3 is 14.4 Å². The molecule has 0 aliphatic rings. The van der Waals surface area contributed by atoms with Gasteiger partial charge >= 0.3 is 5.97 Å². The summed E-state index contributed by atoms with van der Waals surface area (Å²) in [5.41, 5.74) is 2.68. The fraction of sp³-hybridized carbons (Fsp3) is 0.467. The van der Waals surface area contributed by atoms with Gasteiger partial charge in [0.2, 0.25) is 0 Å². The highest BCUT2D eigenvalue weighted by molar-refractivity contribution is 7.99. The molecule has 6 heteroatoms. The zero-order chi connectivity index (χ0) is 15.6. The highest BCUT2D eigenvalue weighted by Crippen LogP contribution is 2.27. The summed E-state index contributed by atoms with van der Waals surface area (Å²) >= 11 is 1.23. The van der Waals surface area contributed by atoms with E-state index in [9.17, 15) is 4.79 Å². The van der Waals surface area contributed by atoms with Gasteiger partial charge in [-0.1, -0.05) is 17.8 Å². The maximum Gasteiger partial charge on any atom is 0.313 e. The SMILES string of the molecule is COC(C)(C)Cn1c(SCC(=O)O)nc2ccc(C)cc21. The summed E-state index contributed by atoms with van der Waals surface area (Å²) in [6, 6.07) is 6.04. The molecular weight excluding hydrogens is 288 g/mol. The number of aryl methyl sites for hydroxylation is 1. The number of aliphatic carboxylic acids is 1. The molecule has 1 aromatic carbocycles. The Kier molecular flexibility index (Phi) is 4.58. The van der Waals surface area contributed by atoms with Gasteiger partial charge in [-0.2, -0.15) is 0 Å². The minimum atomic E-state index is -0.846. The number of benzene rings is 1. The van der Waals surface area contributed by atoms with Crippen molar-refractivity contribution < 1.29 is 14.6 Å². The van der Waals surface area contributed by atoms with Crippen LogP contribution in [0.3, 0.4) is 0 Å². The zero-order valence-corrected chi connectivity index (χ0v) is 13.5.